The van der Waals surface area contributed by atoms with Crippen LogP contribution in [0.3, 0.4) is 0 Å². The third-order valence-electron chi connectivity index (χ3n) is 1.66. The van der Waals surface area contributed by atoms with Crippen molar-refractivity contribution in [3.05, 3.63) is 23.2 Å². The topological polar surface area (TPSA) is 18.5 Å². The Bertz CT molecular complexity index is 291. The van der Waals surface area contributed by atoms with Crippen LogP contribution in [0.2, 0.25) is 5.02 Å². The molecule has 0 unspecified atom stereocenters. The highest BCUT2D eigenvalue weighted by Gasteiger charge is 2.03. The Balaban J connectivity index is 2.65. The highest BCUT2D eigenvalue weighted by atomic mass is 79.9. The molecule has 0 spiro atoms. The molecule has 0 aliphatic heterocycles. The molecule has 1 aromatic carbocycles. The third-order valence-corrected chi connectivity index (χ3v) is 2.46. The van der Waals surface area contributed by atoms with Gasteiger partial charge >= 0.3 is 0 Å². The molecular weight excluding hydrogens is 267 g/mol. The van der Waals surface area contributed by atoms with Crippen molar-refractivity contribution in [3.8, 4) is 11.5 Å². The van der Waals surface area contributed by atoms with E-state index in [-0.39, 0.29) is 0 Å². The van der Waals surface area contributed by atoms with Gasteiger partial charge in [-0.05, 0) is 18.6 Å². The minimum atomic E-state index is 0.648. The predicted octanol–water partition coefficient (Wildman–Crippen LogP) is 3.51. The Morgan fingerprint density at radius 2 is 2.14 bits per heavy atom. The van der Waals surface area contributed by atoms with Gasteiger partial charge in [-0.1, -0.05) is 27.5 Å². The summed E-state index contributed by atoms with van der Waals surface area (Å²) in [6, 6.07) is 5.34. The van der Waals surface area contributed by atoms with E-state index >= 15 is 0 Å². The molecule has 0 atom stereocenters. The number of benzene rings is 1. The van der Waals surface area contributed by atoms with Crippen LogP contribution in [0.25, 0.3) is 0 Å². The number of hydrogen-bond acceptors (Lipinski definition) is 2. The molecule has 0 amide bonds. The predicted molar refractivity (Wildman–Crippen MR) is 61.9 cm³/mol. The van der Waals surface area contributed by atoms with Crippen molar-refractivity contribution in [1.82, 2.24) is 0 Å². The van der Waals surface area contributed by atoms with Gasteiger partial charge in [0.2, 0.25) is 0 Å². The average Bonchev–Trinajstić information content (AvgIpc) is 2.20. The Labute approximate surface area is 97.3 Å². The van der Waals surface area contributed by atoms with Gasteiger partial charge in [0.05, 0.1) is 13.7 Å². The minimum absolute atomic E-state index is 0.648. The molecule has 0 saturated carbocycles. The summed E-state index contributed by atoms with van der Waals surface area (Å²) in [5.74, 6) is 1.41. The fourth-order valence-corrected chi connectivity index (χ4v) is 1.39. The van der Waals surface area contributed by atoms with E-state index in [1.54, 1.807) is 19.2 Å². The second-order valence-electron chi connectivity index (χ2n) is 2.69. The Hall–Kier alpha value is -0.410. The average molecular weight is 280 g/mol. The van der Waals surface area contributed by atoms with Crippen LogP contribution in [0.1, 0.15) is 6.42 Å². The smallest absolute Gasteiger partial charge is 0.162 e. The molecule has 14 heavy (non-hydrogen) atoms. The van der Waals surface area contributed by atoms with Gasteiger partial charge in [0.15, 0.2) is 11.5 Å². The van der Waals surface area contributed by atoms with Crippen LogP contribution >= 0.6 is 27.5 Å². The normalized spacial score (nSPS) is 9.93. The zero-order valence-corrected chi connectivity index (χ0v) is 10.3. The summed E-state index contributed by atoms with van der Waals surface area (Å²) in [5, 5.41) is 1.58. The number of halogens is 2. The molecule has 78 valence electrons. The SMILES string of the molecule is COc1cc(Cl)ccc1OCCCBr. The van der Waals surface area contributed by atoms with Crippen molar-refractivity contribution in [2.75, 3.05) is 19.0 Å². The highest BCUT2D eigenvalue weighted by Crippen LogP contribution is 2.29. The Kier molecular flexibility index (Phi) is 5.12. The lowest BCUT2D eigenvalue weighted by molar-refractivity contribution is 0.295. The van der Waals surface area contributed by atoms with E-state index in [2.05, 4.69) is 15.9 Å². The molecule has 0 saturated heterocycles. The number of methoxy groups -OCH3 is 1. The lowest BCUT2D eigenvalue weighted by Crippen LogP contribution is -1.99. The quantitative estimate of drug-likeness (QED) is 0.606. The summed E-state index contributed by atoms with van der Waals surface area (Å²) in [4.78, 5) is 0. The lowest BCUT2D eigenvalue weighted by Gasteiger charge is -2.09. The van der Waals surface area contributed by atoms with Crippen LogP contribution in [0.5, 0.6) is 11.5 Å². The first-order valence-electron chi connectivity index (χ1n) is 4.30. The van der Waals surface area contributed by atoms with Crippen LogP contribution in [0, 0.1) is 0 Å². The second-order valence-corrected chi connectivity index (χ2v) is 3.92. The maximum Gasteiger partial charge on any atom is 0.162 e. The van der Waals surface area contributed by atoms with Crippen molar-refractivity contribution in [2.24, 2.45) is 0 Å². The van der Waals surface area contributed by atoms with Gasteiger partial charge in [0, 0.05) is 16.4 Å². The van der Waals surface area contributed by atoms with E-state index < -0.39 is 0 Å². The first-order chi connectivity index (χ1) is 6.77. The largest absolute Gasteiger partial charge is 0.493 e. The number of alkyl halides is 1. The maximum absolute atomic E-state index is 5.81. The van der Waals surface area contributed by atoms with Crippen molar-refractivity contribution in [1.29, 1.82) is 0 Å². The maximum atomic E-state index is 5.81. The summed E-state index contributed by atoms with van der Waals surface area (Å²) < 4.78 is 10.6. The van der Waals surface area contributed by atoms with E-state index in [4.69, 9.17) is 21.1 Å². The molecule has 0 radical (unpaired) electrons. The minimum Gasteiger partial charge on any atom is -0.493 e. The van der Waals surface area contributed by atoms with Crippen LogP contribution in [-0.4, -0.2) is 19.0 Å². The van der Waals surface area contributed by atoms with Gasteiger partial charge in [-0.15, -0.1) is 0 Å². The summed E-state index contributed by atoms with van der Waals surface area (Å²) in [5.41, 5.74) is 0. The van der Waals surface area contributed by atoms with Crippen molar-refractivity contribution >= 4 is 27.5 Å². The summed E-state index contributed by atoms with van der Waals surface area (Å²) in [6.07, 6.45) is 0.964. The van der Waals surface area contributed by atoms with Crippen LogP contribution in [0.4, 0.5) is 0 Å². The standard InChI is InChI=1S/C10H12BrClO2/c1-13-10-7-8(12)3-4-9(10)14-6-2-5-11/h3-4,7H,2,5-6H2,1H3. The van der Waals surface area contributed by atoms with Gasteiger partial charge in [0.1, 0.15) is 0 Å². The van der Waals surface area contributed by atoms with Crippen LogP contribution in [-0.2, 0) is 0 Å². The van der Waals surface area contributed by atoms with E-state index in [0.29, 0.717) is 17.4 Å². The van der Waals surface area contributed by atoms with Crippen molar-refractivity contribution in [3.63, 3.8) is 0 Å². The monoisotopic (exact) mass is 278 g/mol. The van der Waals surface area contributed by atoms with Gasteiger partial charge in [-0.2, -0.15) is 0 Å². The zero-order valence-electron chi connectivity index (χ0n) is 7.93. The molecule has 0 N–H and O–H groups in total. The number of rotatable bonds is 5. The van der Waals surface area contributed by atoms with Crippen LogP contribution in [0.15, 0.2) is 18.2 Å². The highest BCUT2D eigenvalue weighted by molar-refractivity contribution is 9.09. The second kappa shape index (κ2) is 6.14. The molecule has 0 fully saturated rings. The first kappa shape index (κ1) is 11.7. The zero-order chi connectivity index (χ0) is 10.4. The van der Waals surface area contributed by atoms with E-state index in [9.17, 15) is 0 Å². The van der Waals surface area contributed by atoms with Gasteiger partial charge in [0.25, 0.3) is 0 Å². The molecule has 1 rings (SSSR count). The first-order valence-corrected chi connectivity index (χ1v) is 5.80. The summed E-state index contributed by atoms with van der Waals surface area (Å²) in [7, 11) is 1.60. The third kappa shape index (κ3) is 3.39. The molecule has 1 aromatic rings. The molecule has 2 nitrogen and oxygen atoms in total. The fraction of sp³-hybridized carbons (Fsp3) is 0.400. The van der Waals surface area contributed by atoms with Gasteiger partial charge < -0.3 is 9.47 Å². The summed E-state index contributed by atoms with van der Waals surface area (Å²) >= 11 is 9.15. The van der Waals surface area contributed by atoms with Gasteiger partial charge in [-0.3, -0.25) is 0 Å². The molecule has 0 aromatic heterocycles. The lowest BCUT2D eigenvalue weighted by atomic mass is 10.3. The fourth-order valence-electron chi connectivity index (χ4n) is 0.997. The van der Waals surface area contributed by atoms with Crippen LogP contribution < -0.4 is 9.47 Å². The van der Waals surface area contributed by atoms with E-state index in [0.717, 1.165) is 17.5 Å². The number of hydrogen-bond donors (Lipinski definition) is 0. The van der Waals surface area contributed by atoms with Gasteiger partial charge in [-0.25, -0.2) is 0 Å². The molecule has 4 heteroatoms. The number of ether oxygens (including phenoxy) is 2. The molecule has 0 heterocycles. The molecule has 0 aliphatic rings. The Morgan fingerprint density at radius 3 is 2.79 bits per heavy atom. The molecular formula is C10H12BrClO2. The Morgan fingerprint density at radius 1 is 1.36 bits per heavy atom. The van der Waals surface area contributed by atoms with E-state index in [1.165, 1.54) is 0 Å². The molecule has 0 bridgehead atoms. The van der Waals surface area contributed by atoms with Crippen molar-refractivity contribution in [2.45, 2.75) is 6.42 Å². The summed E-state index contributed by atoms with van der Waals surface area (Å²) in [6.45, 7) is 0.670. The van der Waals surface area contributed by atoms with Crippen molar-refractivity contribution < 1.29 is 9.47 Å². The molecule has 0 aliphatic carbocycles. The van der Waals surface area contributed by atoms with E-state index in [1.807, 2.05) is 6.07 Å².